The van der Waals surface area contributed by atoms with Crippen LogP contribution in [0.4, 0.5) is 17.6 Å². The van der Waals surface area contributed by atoms with E-state index in [2.05, 4.69) is 20.3 Å². The Balaban J connectivity index is 1.20. The van der Waals surface area contributed by atoms with E-state index < -0.39 is 24.1 Å². The number of ether oxygens (including phenoxy) is 1. The molecule has 7 nitrogen and oxygen atoms in total. The Hall–Kier alpha value is -2.69. The lowest BCUT2D eigenvalue weighted by Crippen LogP contribution is -2.43. The number of aromatic nitrogens is 3. The topological polar surface area (TPSA) is 72.3 Å². The third kappa shape index (κ3) is 7.90. The third-order valence-electron chi connectivity index (χ3n) is 7.21. The average molecular weight is 526 g/mol. The summed E-state index contributed by atoms with van der Waals surface area (Å²) >= 11 is 0. The van der Waals surface area contributed by atoms with Gasteiger partial charge in [0, 0.05) is 69.6 Å². The van der Waals surface area contributed by atoms with Crippen LogP contribution in [0.3, 0.4) is 0 Å². The molecule has 0 bridgehead atoms. The van der Waals surface area contributed by atoms with E-state index in [1.807, 2.05) is 6.07 Å². The molecule has 3 heterocycles. The van der Waals surface area contributed by atoms with E-state index in [0.717, 1.165) is 31.1 Å². The van der Waals surface area contributed by atoms with E-state index in [0.29, 0.717) is 51.6 Å². The number of hydrogen-bond donors (Lipinski definition) is 1. The molecule has 37 heavy (non-hydrogen) atoms. The Morgan fingerprint density at radius 1 is 1.24 bits per heavy atom. The molecule has 1 aliphatic carbocycles. The van der Waals surface area contributed by atoms with Crippen LogP contribution in [0.15, 0.2) is 18.3 Å². The van der Waals surface area contributed by atoms with Crippen molar-refractivity contribution >= 4 is 5.91 Å². The molecule has 4 rings (SSSR count). The van der Waals surface area contributed by atoms with Gasteiger partial charge < -0.3 is 15.0 Å². The van der Waals surface area contributed by atoms with E-state index in [1.165, 1.54) is 10.9 Å². The Bertz CT molecular complexity index is 1080. The fourth-order valence-electron chi connectivity index (χ4n) is 5.08. The number of nitrogens with one attached hydrogen (secondary N) is 1. The lowest BCUT2D eigenvalue weighted by Gasteiger charge is -2.35. The van der Waals surface area contributed by atoms with E-state index in [4.69, 9.17) is 4.74 Å². The molecule has 0 unspecified atom stereocenters. The quantitative estimate of drug-likeness (QED) is 0.505. The number of pyridine rings is 1. The van der Waals surface area contributed by atoms with Crippen LogP contribution in [0, 0.1) is 5.95 Å². The third-order valence-corrected chi connectivity index (χ3v) is 7.21. The molecule has 0 saturated heterocycles. The van der Waals surface area contributed by atoms with Crippen molar-refractivity contribution in [2.75, 3.05) is 26.2 Å². The van der Waals surface area contributed by atoms with Crippen molar-refractivity contribution in [3.05, 3.63) is 41.1 Å². The van der Waals surface area contributed by atoms with Crippen LogP contribution in [0.5, 0.6) is 5.88 Å². The second kappa shape index (κ2) is 11.4. The van der Waals surface area contributed by atoms with Gasteiger partial charge in [0.05, 0.1) is 6.42 Å². The molecular formula is C26H35F4N5O2. The Morgan fingerprint density at radius 3 is 2.65 bits per heavy atom. The second-order valence-corrected chi connectivity index (χ2v) is 10.5. The number of rotatable bonds is 9. The number of hydrogen-bond acceptors (Lipinski definition) is 5. The predicted molar refractivity (Wildman–Crippen MR) is 130 cm³/mol. The van der Waals surface area contributed by atoms with Gasteiger partial charge in [-0.15, -0.1) is 5.10 Å². The van der Waals surface area contributed by atoms with Crippen molar-refractivity contribution in [1.29, 1.82) is 0 Å². The molecule has 0 aromatic carbocycles. The molecule has 0 radical (unpaired) electrons. The molecule has 0 spiro atoms. The first-order chi connectivity index (χ1) is 17.5. The van der Waals surface area contributed by atoms with E-state index in [1.54, 1.807) is 13.1 Å². The largest absolute Gasteiger partial charge is 0.471 e. The minimum atomic E-state index is -2.92. The molecule has 2 aliphatic rings. The van der Waals surface area contributed by atoms with Crippen LogP contribution in [0.1, 0.15) is 55.8 Å². The van der Waals surface area contributed by atoms with Crippen LogP contribution in [-0.4, -0.2) is 69.4 Å². The van der Waals surface area contributed by atoms with Gasteiger partial charge in [-0.3, -0.25) is 9.48 Å². The summed E-state index contributed by atoms with van der Waals surface area (Å²) in [6.45, 7) is 2.21. The molecule has 1 amide bonds. The summed E-state index contributed by atoms with van der Waals surface area (Å²) in [5.74, 6) is -3.65. The fourth-order valence-corrected chi connectivity index (χ4v) is 5.08. The first-order valence-corrected chi connectivity index (χ1v) is 12.9. The Morgan fingerprint density at radius 2 is 1.97 bits per heavy atom. The van der Waals surface area contributed by atoms with Crippen molar-refractivity contribution in [3.8, 4) is 5.88 Å². The monoisotopic (exact) mass is 525 g/mol. The van der Waals surface area contributed by atoms with E-state index >= 15 is 4.39 Å². The SMILES string of the molecule is Cn1cc(CC(=O)N[C@H]2CC[C@](F)(CCN3CCc4ccc(OCC(C)(F)F)nc4CC3)CC2)c(F)n1. The van der Waals surface area contributed by atoms with Crippen molar-refractivity contribution in [1.82, 2.24) is 25.0 Å². The predicted octanol–water partition coefficient (Wildman–Crippen LogP) is 3.79. The zero-order valence-corrected chi connectivity index (χ0v) is 21.4. The molecule has 1 fully saturated rings. The summed E-state index contributed by atoms with van der Waals surface area (Å²) in [6.07, 6.45) is 5.08. The van der Waals surface area contributed by atoms with Crippen LogP contribution < -0.4 is 10.1 Å². The number of fused-ring (bicyclic) bond motifs is 1. The van der Waals surface area contributed by atoms with Crippen LogP contribution in [0.25, 0.3) is 0 Å². The molecule has 2 aromatic heterocycles. The van der Waals surface area contributed by atoms with Crippen LogP contribution in [0.2, 0.25) is 0 Å². The highest BCUT2D eigenvalue weighted by Crippen LogP contribution is 2.35. The summed E-state index contributed by atoms with van der Waals surface area (Å²) in [6, 6.07) is 3.39. The number of halogens is 4. The minimum absolute atomic E-state index is 0.0815. The first kappa shape index (κ1) is 27.3. The molecule has 1 saturated carbocycles. The number of nitrogens with zero attached hydrogens (tertiary/aromatic N) is 4. The molecule has 2 aromatic rings. The fraction of sp³-hybridized carbons (Fsp3) is 0.654. The first-order valence-electron chi connectivity index (χ1n) is 12.9. The minimum Gasteiger partial charge on any atom is -0.471 e. The highest BCUT2D eigenvalue weighted by molar-refractivity contribution is 5.78. The molecule has 1 aliphatic heterocycles. The molecule has 0 atom stereocenters. The van der Waals surface area contributed by atoms with Crippen molar-refractivity contribution in [2.45, 2.75) is 75.9 Å². The van der Waals surface area contributed by atoms with Crippen LogP contribution in [-0.2, 0) is 31.1 Å². The summed E-state index contributed by atoms with van der Waals surface area (Å²) in [5.41, 5.74) is 0.879. The average Bonchev–Trinajstić information content (AvgIpc) is 3.02. The number of amides is 1. The van der Waals surface area contributed by atoms with Gasteiger partial charge in [0.25, 0.3) is 5.92 Å². The summed E-state index contributed by atoms with van der Waals surface area (Å²) in [7, 11) is 1.60. The smallest absolute Gasteiger partial charge is 0.278 e. The van der Waals surface area contributed by atoms with Crippen molar-refractivity contribution in [3.63, 3.8) is 0 Å². The van der Waals surface area contributed by atoms with Crippen LogP contribution >= 0.6 is 0 Å². The van der Waals surface area contributed by atoms with Gasteiger partial charge in [-0.1, -0.05) is 6.07 Å². The number of aryl methyl sites for hydroxylation is 1. The van der Waals surface area contributed by atoms with Gasteiger partial charge in [0.1, 0.15) is 5.67 Å². The van der Waals surface area contributed by atoms with E-state index in [-0.39, 0.29) is 29.8 Å². The molecule has 11 heteroatoms. The van der Waals surface area contributed by atoms with Crippen molar-refractivity contribution in [2.24, 2.45) is 7.05 Å². The maximum Gasteiger partial charge on any atom is 0.278 e. The summed E-state index contributed by atoms with van der Waals surface area (Å²) < 4.78 is 61.9. The summed E-state index contributed by atoms with van der Waals surface area (Å²) in [5, 5.41) is 6.52. The lowest BCUT2D eigenvalue weighted by molar-refractivity contribution is -0.121. The molecule has 1 N–H and O–H groups in total. The van der Waals surface area contributed by atoms with Gasteiger partial charge in [-0.25, -0.2) is 18.2 Å². The maximum absolute atomic E-state index is 15.5. The van der Waals surface area contributed by atoms with Gasteiger partial charge >= 0.3 is 0 Å². The van der Waals surface area contributed by atoms with E-state index in [9.17, 15) is 18.0 Å². The maximum atomic E-state index is 15.5. The summed E-state index contributed by atoms with van der Waals surface area (Å²) in [4.78, 5) is 18.9. The number of carbonyl (C=O) groups is 1. The number of alkyl halides is 3. The highest BCUT2D eigenvalue weighted by Gasteiger charge is 2.36. The zero-order valence-electron chi connectivity index (χ0n) is 21.4. The molecular weight excluding hydrogens is 490 g/mol. The lowest BCUT2D eigenvalue weighted by atomic mass is 9.81. The molecule has 204 valence electrons. The standard InChI is InChI=1S/C26H35F4N5O2/c1-25(28,29)17-37-23-4-3-18-7-12-35(13-8-21(18)32-23)14-11-26(30)9-5-20(6-10-26)31-22(36)15-19-16-34(2)33-24(19)27/h3-4,16,20H,5-15,17H2,1-2H3,(H,31,36)/t20-,26+. The normalized spacial score (nSPS) is 22.8. The van der Waals surface area contributed by atoms with Gasteiger partial charge in [-0.05, 0) is 44.1 Å². The second-order valence-electron chi connectivity index (χ2n) is 10.5. The van der Waals surface area contributed by atoms with Gasteiger partial charge in [0.15, 0.2) is 6.61 Å². The highest BCUT2D eigenvalue weighted by atomic mass is 19.3. The zero-order chi connectivity index (χ0) is 26.6. The van der Waals surface area contributed by atoms with Gasteiger partial charge in [0.2, 0.25) is 17.7 Å². The number of carbonyl (C=O) groups excluding carboxylic acids is 1. The Kier molecular flexibility index (Phi) is 8.40. The Labute approximate surface area is 214 Å². The van der Waals surface area contributed by atoms with Gasteiger partial charge in [-0.2, -0.15) is 4.39 Å². The van der Waals surface area contributed by atoms with Crippen molar-refractivity contribution < 1.29 is 27.1 Å².